The monoisotopic (exact) mass is 166 g/mol. The summed E-state index contributed by atoms with van der Waals surface area (Å²) in [4.78, 5) is 3.86. The number of nitrogens with two attached hydrogens (primary N) is 1. The van der Waals surface area contributed by atoms with Gasteiger partial charge < -0.3 is 10.8 Å². The fourth-order valence-electron chi connectivity index (χ4n) is 0.975. The van der Waals surface area contributed by atoms with Crippen LogP contribution in [0.4, 0.5) is 0 Å². The Bertz CT molecular complexity index is 240. The molecule has 0 unspecified atom stereocenters. The van der Waals surface area contributed by atoms with Crippen LogP contribution in [-0.4, -0.2) is 15.6 Å². The summed E-state index contributed by atoms with van der Waals surface area (Å²) in [6.07, 6.45) is 2.65. The molecule has 0 amide bonds. The van der Waals surface area contributed by atoms with Gasteiger partial charge in [-0.3, -0.25) is 4.98 Å². The Morgan fingerprint density at radius 1 is 1.42 bits per heavy atom. The number of hydrogen-bond donors (Lipinski definition) is 2. The third-order valence-electron chi connectivity index (χ3n) is 1.73. The fourth-order valence-corrected chi connectivity index (χ4v) is 0.975. The van der Waals surface area contributed by atoms with Crippen molar-refractivity contribution in [3.63, 3.8) is 0 Å². The summed E-state index contributed by atoms with van der Waals surface area (Å²) in [6, 6.07) is 3.53. The van der Waals surface area contributed by atoms with E-state index in [1.54, 1.807) is 38.4 Å². The molecule has 0 aromatic carbocycles. The zero-order valence-electron chi connectivity index (χ0n) is 7.36. The van der Waals surface area contributed by atoms with E-state index >= 15 is 0 Å². The van der Waals surface area contributed by atoms with Crippen molar-refractivity contribution >= 4 is 0 Å². The molecule has 0 spiro atoms. The average molecular weight is 166 g/mol. The van der Waals surface area contributed by atoms with Gasteiger partial charge in [-0.15, -0.1) is 0 Å². The van der Waals surface area contributed by atoms with Crippen LogP contribution in [0.1, 0.15) is 25.5 Å². The normalized spacial score (nSPS) is 14.3. The van der Waals surface area contributed by atoms with Crippen LogP contribution in [0.25, 0.3) is 0 Å². The average Bonchev–Trinajstić information content (AvgIpc) is 2.03. The summed E-state index contributed by atoms with van der Waals surface area (Å²) in [5.74, 6) is 0. The lowest BCUT2D eigenvalue weighted by atomic mass is 9.93. The number of nitrogens with zero attached hydrogens (tertiary/aromatic N) is 1. The van der Waals surface area contributed by atoms with Crippen molar-refractivity contribution in [2.45, 2.75) is 25.5 Å². The van der Waals surface area contributed by atoms with Crippen LogP contribution >= 0.6 is 0 Å². The first kappa shape index (κ1) is 9.16. The minimum atomic E-state index is -0.638. The van der Waals surface area contributed by atoms with Crippen LogP contribution in [0.5, 0.6) is 0 Å². The molecule has 3 heteroatoms. The maximum Gasteiger partial charge on any atom is 0.0965 e. The van der Waals surface area contributed by atoms with E-state index in [-0.39, 0.29) is 0 Å². The van der Waals surface area contributed by atoms with E-state index in [4.69, 9.17) is 5.73 Å². The third kappa shape index (κ3) is 2.03. The molecule has 0 saturated carbocycles. The van der Waals surface area contributed by atoms with Crippen LogP contribution in [-0.2, 0) is 0 Å². The van der Waals surface area contributed by atoms with E-state index in [2.05, 4.69) is 4.98 Å². The second kappa shape index (κ2) is 3.21. The third-order valence-corrected chi connectivity index (χ3v) is 1.73. The van der Waals surface area contributed by atoms with Crippen molar-refractivity contribution in [3.05, 3.63) is 30.1 Å². The topological polar surface area (TPSA) is 59.1 Å². The molecule has 3 nitrogen and oxygen atoms in total. The quantitative estimate of drug-likeness (QED) is 0.684. The van der Waals surface area contributed by atoms with Gasteiger partial charge in [-0.25, -0.2) is 0 Å². The molecule has 0 fully saturated rings. The van der Waals surface area contributed by atoms with Crippen molar-refractivity contribution in [1.82, 2.24) is 4.98 Å². The van der Waals surface area contributed by atoms with Crippen LogP contribution in [0, 0.1) is 0 Å². The van der Waals surface area contributed by atoms with Crippen LogP contribution < -0.4 is 5.73 Å². The maximum absolute atomic E-state index is 9.70. The van der Waals surface area contributed by atoms with E-state index in [9.17, 15) is 5.11 Å². The Kier molecular flexibility index (Phi) is 2.45. The number of aliphatic hydroxyl groups is 1. The highest BCUT2D eigenvalue weighted by Gasteiger charge is 2.23. The van der Waals surface area contributed by atoms with Gasteiger partial charge in [-0.05, 0) is 31.5 Å². The minimum absolute atomic E-state index is 0.610. The largest absolute Gasteiger partial charge is 0.387 e. The molecule has 1 aromatic rings. The molecule has 0 aliphatic carbocycles. The number of aliphatic hydroxyl groups excluding tert-OH is 1. The lowest BCUT2D eigenvalue weighted by molar-refractivity contribution is 0.104. The van der Waals surface area contributed by atoms with Crippen molar-refractivity contribution in [2.24, 2.45) is 5.73 Å². The second-order valence-corrected chi connectivity index (χ2v) is 3.50. The Hall–Kier alpha value is -0.930. The molecule has 0 radical (unpaired) electrons. The molecule has 0 saturated heterocycles. The van der Waals surface area contributed by atoms with Crippen LogP contribution in [0.3, 0.4) is 0 Å². The summed E-state index contributed by atoms with van der Waals surface area (Å²) in [7, 11) is 0. The van der Waals surface area contributed by atoms with Crippen molar-refractivity contribution in [1.29, 1.82) is 0 Å². The number of rotatable bonds is 2. The van der Waals surface area contributed by atoms with Crippen LogP contribution in [0.2, 0.25) is 0 Å². The van der Waals surface area contributed by atoms with E-state index < -0.39 is 11.6 Å². The lowest BCUT2D eigenvalue weighted by Crippen LogP contribution is -2.39. The van der Waals surface area contributed by atoms with Crippen LogP contribution in [0.15, 0.2) is 24.5 Å². The van der Waals surface area contributed by atoms with E-state index in [1.165, 1.54) is 0 Å². The van der Waals surface area contributed by atoms with Gasteiger partial charge in [0.1, 0.15) is 0 Å². The molecule has 1 rings (SSSR count). The highest BCUT2D eigenvalue weighted by atomic mass is 16.3. The zero-order chi connectivity index (χ0) is 9.19. The van der Waals surface area contributed by atoms with E-state index in [1.807, 2.05) is 0 Å². The minimum Gasteiger partial charge on any atom is -0.387 e. The van der Waals surface area contributed by atoms with Gasteiger partial charge >= 0.3 is 0 Å². The smallest absolute Gasteiger partial charge is 0.0965 e. The molecule has 3 N–H and O–H groups in total. The predicted molar refractivity (Wildman–Crippen MR) is 47.5 cm³/mol. The Labute approximate surface area is 72.2 Å². The van der Waals surface area contributed by atoms with Gasteiger partial charge in [-0.2, -0.15) is 0 Å². The molecule has 1 heterocycles. The molecule has 1 atom stereocenters. The Morgan fingerprint density at radius 3 is 2.33 bits per heavy atom. The molecule has 1 aromatic heterocycles. The van der Waals surface area contributed by atoms with E-state index in [0.29, 0.717) is 0 Å². The van der Waals surface area contributed by atoms with E-state index in [0.717, 1.165) is 5.56 Å². The van der Waals surface area contributed by atoms with Gasteiger partial charge in [0.2, 0.25) is 0 Å². The highest BCUT2D eigenvalue weighted by Crippen LogP contribution is 2.21. The molecule has 0 bridgehead atoms. The standard InChI is InChI=1S/C9H14N2O/c1-9(2,10)8(12)7-3-5-11-6-4-7/h3-6,8,12H,10H2,1-2H3/t8-/m1/s1. The van der Waals surface area contributed by atoms with Crippen molar-refractivity contribution < 1.29 is 5.11 Å². The first-order valence-corrected chi connectivity index (χ1v) is 3.88. The van der Waals surface area contributed by atoms with Gasteiger partial charge in [0.25, 0.3) is 0 Å². The first-order valence-electron chi connectivity index (χ1n) is 3.88. The second-order valence-electron chi connectivity index (χ2n) is 3.50. The number of pyridine rings is 1. The van der Waals surface area contributed by atoms with Gasteiger partial charge in [0.15, 0.2) is 0 Å². The molecule has 0 aliphatic rings. The molecule has 0 aliphatic heterocycles. The fraction of sp³-hybridized carbons (Fsp3) is 0.444. The summed E-state index contributed by atoms with van der Waals surface area (Å²) in [6.45, 7) is 3.58. The summed E-state index contributed by atoms with van der Waals surface area (Å²) < 4.78 is 0. The lowest BCUT2D eigenvalue weighted by Gasteiger charge is -2.25. The molecular weight excluding hydrogens is 152 g/mol. The highest BCUT2D eigenvalue weighted by molar-refractivity contribution is 5.16. The summed E-state index contributed by atoms with van der Waals surface area (Å²) in [5, 5.41) is 9.70. The molecule has 66 valence electrons. The SMILES string of the molecule is CC(C)(N)[C@H](O)c1ccncc1. The number of aromatic nitrogens is 1. The Morgan fingerprint density at radius 2 is 1.92 bits per heavy atom. The van der Waals surface area contributed by atoms with Gasteiger partial charge in [0, 0.05) is 17.9 Å². The Balaban J connectivity index is 2.86. The summed E-state index contributed by atoms with van der Waals surface area (Å²) in [5.41, 5.74) is 5.93. The molecule has 12 heavy (non-hydrogen) atoms. The predicted octanol–water partition coefficient (Wildman–Crippen LogP) is 0.852. The van der Waals surface area contributed by atoms with Gasteiger partial charge in [-0.1, -0.05) is 0 Å². The first-order chi connectivity index (χ1) is 5.52. The maximum atomic E-state index is 9.70. The van der Waals surface area contributed by atoms with Crippen molar-refractivity contribution in [2.75, 3.05) is 0 Å². The number of hydrogen-bond acceptors (Lipinski definition) is 3. The summed E-state index contributed by atoms with van der Waals surface area (Å²) >= 11 is 0. The van der Waals surface area contributed by atoms with Crippen molar-refractivity contribution in [3.8, 4) is 0 Å². The van der Waals surface area contributed by atoms with Gasteiger partial charge in [0.05, 0.1) is 6.10 Å². The zero-order valence-corrected chi connectivity index (χ0v) is 7.36. The molecular formula is C9H14N2O.